The Kier molecular flexibility index (Phi) is 6.47. The average Bonchev–Trinajstić information content (AvgIpc) is 2.99. The summed E-state index contributed by atoms with van der Waals surface area (Å²) < 4.78 is 23.5. The molecule has 0 spiro atoms. The zero-order valence-electron chi connectivity index (χ0n) is 12.1. The van der Waals surface area contributed by atoms with E-state index in [2.05, 4.69) is 5.32 Å². The molecule has 4 nitrogen and oxygen atoms in total. The van der Waals surface area contributed by atoms with E-state index in [-0.39, 0.29) is 18.3 Å². The number of carbonyl (C=O) groups excluding carboxylic acids is 1. The molecule has 1 aliphatic rings. The Hall–Kier alpha value is -1.62. The summed E-state index contributed by atoms with van der Waals surface area (Å²) in [5.41, 5.74) is 0. The lowest BCUT2D eigenvalue weighted by molar-refractivity contribution is -0.123. The van der Waals surface area contributed by atoms with Gasteiger partial charge in [-0.3, -0.25) is 4.79 Å². The van der Waals surface area contributed by atoms with Gasteiger partial charge < -0.3 is 14.8 Å². The number of ether oxygens (including phenoxy) is 2. The van der Waals surface area contributed by atoms with Crippen LogP contribution >= 0.6 is 0 Å². The number of nitrogens with one attached hydrogen (secondary N) is 1. The van der Waals surface area contributed by atoms with Crippen LogP contribution in [0.25, 0.3) is 0 Å². The van der Waals surface area contributed by atoms with E-state index in [1.165, 1.54) is 30.7 Å². The highest BCUT2D eigenvalue weighted by atomic mass is 19.1. The highest BCUT2D eigenvalue weighted by molar-refractivity contribution is 5.77. The normalized spacial score (nSPS) is 17.7. The van der Waals surface area contributed by atoms with Gasteiger partial charge in [-0.05, 0) is 56.4 Å². The molecule has 1 N–H and O–H groups in total. The van der Waals surface area contributed by atoms with Crippen molar-refractivity contribution in [1.29, 1.82) is 0 Å². The summed E-state index contributed by atoms with van der Waals surface area (Å²) in [7, 11) is 0. The molecule has 21 heavy (non-hydrogen) atoms. The van der Waals surface area contributed by atoms with Gasteiger partial charge in [-0.25, -0.2) is 4.39 Å². The van der Waals surface area contributed by atoms with Crippen molar-refractivity contribution in [2.24, 2.45) is 0 Å². The molecule has 1 fully saturated rings. The Morgan fingerprint density at radius 3 is 2.86 bits per heavy atom. The van der Waals surface area contributed by atoms with Crippen molar-refractivity contribution in [3.8, 4) is 5.75 Å². The SMILES string of the molecule is O=C(COc1ccc(F)cc1)NCCCC[C@@H]1CCCO1. The van der Waals surface area contributed by atoms with E-state index in [1.807, 2.05) is 0 Å². The van der Waals surface area contributed by atoms with Gasteiger partial charge in [-0.1, -0.05) is 0 Å². The van der Waals surface area contributed by atoms with Crippen LogP contribution < -0.4 is 10.1 Å². The second-order valence-electron chi connectivity index (χ2n) is 5.22. The van der Waals surface area contributed by atoms with E-state index >= 15 is 0 Å². The molecule has 2 rings (SSSR count). The molecule has 1 atom stereocenters. The summed E-state index contributed by atoms with van der Waals surface area (Å²) in [6, 6.07) is 5.62. The summed E-state index contributed by atoms with van der Waals surface area (Å²) in [4.78, 5) is 11.6. The van der Waals surface area contributed by atoms with Crippen LogP contribution in [0.5, 0.6) is 5.75 Å². The Balaban J connectivity index is 1.50. The van der Waals surface area contributed by atoms with Gasteiger partial charge in [-0.2, -0.15) is 0 Å². The molecular weight excluding hydrogens is 273 g/mol. The molecular formula is C16H22FNO3. The first-order valence-corrected chi connectivity index (χ1v) is 7.51. The van der Waals surface area contributed by atoms with Gasteiger partial charge in [0.05, 0.1) is 6.10 Å². The highest BCUT2D eigenvalue weighted by Crippen LogP contribution is 2.17. The van der Waals surface area contributed by atoms with Crippen LogP contribution in [0.2, 0.25) is 0 Å². The number of hydrogen-bond donors (Lipinski definition) is 1. The molecule has 0 aromatic heterocycles. The molecule has 1 aliphatic heterocycles. The zero-order chi connectivity index (χ0) is 14.9. The van der Waals surface area contributed by atoms with E-state index in [4.69, 9.17) is 9.47 Å². The monoisotopic (exact) mass is 295 g/mol. The van der Waals surface area contributed by atoms with Crippen molar-refractivity contribution in [3.05, 3.63) is 30.1 Å². The zero-order valence-corrected chi connectivity index (χ0v) is 12.1. The van der Waals surface area contributed by atoms with Crippen LogP contribution in [0.4, 0.5) is 4.39 Å². The van der Waals surface area contributed by atoms with Crippen LogP contribution in [0.3, 0.4) is 0 Å². The predicted octanol–water partition coefficient (Wildman–Crippen LogP) is 2.67. The Bertz CT molecular complexity index is 430. The lowest BCUT2D eigenvalue weighted by Gasteiger charge is -2.09. The number of rotatable bonds is 8. The van der Waals surface area contributed by atoms with Crippen LogP contribution in [0.15, 0.2) is 24.3 Å². The molecule has 1 heterocycles. The minimum Gasteiger partial charge on any atom is -0.484 e. The van der Waals surface area contributed by atoms with Gasteiger partial charge in [0.1, 0.15) is 11.6 Å². The van der Waals surface area contributed by atoms with Crippen LogP contribution in [-0.2, 0) is 9.53 Å². The largest absolute Gasteiger partial charge is 0.484 e. The lowest BCUT2D eigenvalue weighted by Crippen LogP contribution is -2.29. The van der Waals surface area contributed by atoms with E-state index in [9.17, 15) is 9.18 Å². The molecule has 0 bridgehead atoms. The summed E-state index contributed by atoms with van der Waals surface area (Å²) in [6.45, 7) is 1.50. The summed E-state index contributed by atoms with van der Waals surface area (Å²) in [5, 5.41) is 2.81. The minimum atomic E-state index is -0.321. The molecule has 5 heteroatoms. The molecule has 116 valence electrons. The second kappa shape index (κ2) is 8.62. The molecule has 1 aromatic rings. The maximum atomic E-state index is 12.7. The third-order valence-corrected chi connectivity index (χ3v) is 3.48. The van der Waals surface area contributed by atoms with Crippen molar-refractivity contribution in [2.45, 2.75) is 38.2 Å². The van der Waals surface area contributed by atoms with Crippen molar-refractivity contribution in [1.82, 2.24) is 5.32 Å². The van der Waals surface area contributed by atoms with Gasteiger partial charge >= 0.3 is 0 Å². The summed E-state index contributed by atoms with van der Waals surface area (Å²) in [6.07, 6.45) is 5.83. The molecule has 1 amide bonds. The fourth-order valence-corrected chi connectivity index (χ4v) is 2.33. The second-order valence-corrected chi connectivity index (χ2v) is 5.22. The number of unbranched alkanes of at least 4 members (excludes halogenated alkanes) is 1. The first-order chi connectivity index (χ1) is 10.2. The summed E-state index contributed by atoms with van der Waals surface area (Å²) >= 11 is 0. The van der Waals surface area contributed by atoms with E-state index < -0.39 is 0 Å². The molecule has 0 saturated carbocycles. The molecule has 1 saturated heterocycles. The van der Waals surface area contributed by atoms with Crippen molar-refractivity contribution in [2.75, 3.05) is 19.8 Å². The Morgan fingerprint density at radius 2 is 2.14 bits per heavy atom. The Morgan fingerprint density at radius 1 is 1.33 bits per heavy atom. The van der Waals surface area contributed by atoms with Gasteiger partial charge in [0.2, 0.25) is 0 Å². The summed E-state index contributed by atoms with van der Waals surface area (Å²) in [5.74, 6) is 0.0133. The predicted molar refractivity (Wildman–Crippen MR) is 77.7 cm³/mol. The van der Waals surface area contributed by atoms with Gasteiger partial charge in [-0.15, -0.1) is 0 Å². The average molecular weight is 295 g/mol. The smallest absolute Gasteiger partial charge is 0.257 e. The third-order valence-electron chi connectivity index (χ3n) is 3.48. The first kappa shape index (κ1) is 15.8. The van der Waals surface area contributed by atoms with E-state index in [0.29, 0.717) is 18.4 Å². The number of hydrogen-bond acceptors (Lipinski definition) is 3. The molecule has 0 radical (unpaired) electrons. The maximum Gasteiger partial charge on any atom is 0.257 e. The molecule has 0 unspecified atom stereocenters. The number of amides is 1. The topological polar surface area (TPSA) is 47.6 Å². The van der Waals surface area contributed by atoms with Crippen LogP contribution in [-0.4, -0.2) is 31.8 Å². The number of carbonyl (C=O) groups is 1. The maximum absolute atomic E-state index is 12.7. The quantitative estimate of drug-likeness (QED) is 0.750. The van der Waals surface area contributed by atoms with Crippen molar-refractivity contribution in [3.63, 3.8) is 0 Å². The number of benzene rings is 1. The standard InChI is InChI=1S/C16H22FNO3/c17-13-6-8-15(9-7-13)21-12-16(19)18-10-2-1-4-14-5-3-11-20-14/h6-9,14H,1-5,10-12H2,(H,18,19)/t14-/m1/s1. The molecule has 0 aliphatic carbocycles. The van der Waals surface area contributed by atoms with Gasteiger partial charge in [0, 0.05) is 13.2 Å². The van der Waals surface area contributed by atoms with Crippen molar-refractivity contribution < 1.29 is 18.7 Å². The third kappa shape index (κ3) is 6.12. The van der Waals surface area contributed by atoms with Gasteiger partial charge in [0.15, 0.2) is 6.61 Å². The lowest BCUT2D eigenvalue weighted by atomic mass is 10.1. The van der Waals surface area contributed by atoms with E-state index in [1.54, 1.807) is 0 Å². The first-order valence-electron chi connectivity index (χ1n) is 7.51. The van der Waals surface area contributed by atoms with E-state index in [0.717, 1.165) is 32.3 Å². The minimum absolute atomic E-state index is 0.0443. The Labute approximate surface area is 124 Å². The fourth-order valence-electron chi connectivity index (χ4n) is 2.33. The van der Waals surface area contributed by atoms with Gasteiger partial charge in [0.25, 0.3) is 5.91 Å². The van der Waals surface area contributed by atoms with Crippen LogP contribution in [0.1, 0.15) is 32.1 Å². The molecule has 1 aromatic carbocycles. The fraction of sp³-hybridized carbons (Fsp3) is 0.562. The highest BCUT2D eigenvalue weighted by Gasteiger charge is 2.14. The number of halogens is 1. The van der Waals surface area contributed by atoms with Crippen LogP contribution in [0, 0.1) is 5.82 Å². The van der Waals surface area contributed by atoms with Crippen molar-refractivity contribution >= 4 is 5.91 Å².